The van der Waals surface area contributed by atoms with Gasteiger partial charge in [-0.3, -0.25) is 5.43 Å². The van der Waals surface area contributed by atoms with Gasteiger partial charge in [0.05, 0.1) is 18.5 Å². The van der Waals surface area contributed by atoms with Crippen molar-refractivity contribution in [2.24, 2.45) is 5.10 Å². The molecule has 1 N–H and O–H groups in total. The lowest BCUT2D eigenvalue weighted by Crippen LogP contribution is -2.13. The molecule has 0 aliphatic heterocycles. The maximum absolute atomic E-state index is 5.28. The van der Waals surface area contributed by atoms with Crippen LogP contribution in [0.15, 0.2) is 28.7 Å². The molecule has 0 saturated heterocycles. The highest BCUT2D eigenvalue weighted by Crippen LogP contribution is 2.26. The van der Waals surface area contributed by atoms with E-state index in [0.717, 1.165) is 41.5 Å². The van der Waals surface area contributed by atoms with Gasteiger partial charge in [-0.1, -0.05) is 0 Å². The Balaban J connectivity index is 1.85. The molecule has 3 rings (SSSR count). The van der Waals surface area contributed by atoms with Crippen molar-refractivity contribution in [2.45, 2.75) is 26.2 Å². The van der Waals surface area contributed by atoms with Crippen LogP contribution in [0.2, 0.25) is 0 Å². The van der Waals surface area contributed by atoms with E-state index < -0.39 is 0 Å². The predicted molar refractivity (Wildman–Crippen MR) is 82.9 cm³/mol. The summed E-state index contributed by atoms with van der Waals surface area (Å²) in [5.74, 6) is 0.911. The van der Waals surface area contributed by atoms with Crippen LogP contribution in [-0.2, 0) is 6.42 Å². The number of thiazole rings is 1. The predicted octanol–water partition coefficient (Wildman–Crippen LogP) is 3.61. The third-order valence-electron chi connectivity index (χ3n) is 3.39. The van der Waals surface area contributed by atoms with Gasteiger partial charge < -0.3 is 4.74 Å². The van der Waals surface area contributed by atoms with Crippen LogP contribution in [0, 0.1) is 6.92 Å². The van der Waals surface area contributed by atoms with E-state index in [2.05, 4.69) is 27.6 Å². The molecule has 1 heterocycles. The number of hydrogen-bond acceptors (Lipinski definition) is 5. The van der Waals surface area contributed by atoms with E-state index in [4.69, 9.17) is 4.74 Å². The number of fused-ring (bicyclic) bond motifs is 1. The summed E-state index contributed by atoms with van der Waals surface area (Å²) < 4.78 is 5.28. The van der Waals surface area contributed by atoms with E-state index in [1.54, 1.807) is 18.4 Å². The van der Waals surface area contributed by atoms with Gasteiger partial charge in [-0.25, -0.2) is 4.98 Å². The van der Waals surface area contributed by atoms with Gasteiger partial charge >= 0.3 is 0 Å². The number of aromatic nitrogens is 1. The Kier molecular flexibility index (Phi) is 3.69. The highest BCUT2D eigenvalue weighted by Gasteiger charge is 2.16. The first-order valence-electron chi connectivity index (χ1n) is 6.68. The van der Waals surface area contributed by atoms with Crippen molar-refractivity contribution < 1.29 is 4.74 Å². The summed E-state index contributed by atoms with van der Waals surface area (Å²) in [5, 5.41) is 7.40. The molecule has 1 aliphatic carbocycles. The number of rotatable bonds is 3. The van der Waals surface area contributed by atoms with Gasteiger partial charge in [-0.05, 0) is 49.9 Å². The van der Waals surface area contributed by atoms with Gasteiger partial charge in [0.15, 0.2) is 0 Å². The number of methoxy groups -OCH3 is 1. The number of anilines is 1. The molecule has 1 aromatic carbocycles. The molecule has 0 saturated carbocycles. The van der Waals surface area contributed by atoms with Crippen molar-refractivity contribution >= 4 is 22.2 Å². The van der Waals surface area contributed by atoms with Gasteiger partial charge in [-0.2, -0.15) is 5.10 Å². The Morgan fingerprint density at radius 3 is 3.00 bits per heavy atom. The molecule has 0 amide bonds. The number of hydrazone groups is 1. The fourth-order valence-electron chi connectivity index (χ4n) is 2.40. The standard InChI is InChI=1S/C15H17N3OS/c1-10-9-20-15(16-10)18-17-14-5-3-4-11-8-12(19-2)6-7-13(11)14/h6-9H,3-5H2,1-2H3,(H,16,18). The normalized spacial score (nSPS) is 16.0. The Morgan fingerprint density at radius 1 is 1.35 bits per heavy atom. The van der Waals surface area contributed by atoms with Gasteiger partial charge in [0.1, 0.15) is 5.75 Å². The number of hydrogen-bond donors (Lipinski definition) is 1. The smallest absolute Gasteiger partial charge is 0.203 e. The summed E-state index contributed by atoms with van der Waals surface area (Å²) in [6.45, 7) is 1.98. The van der Waals surface area contributed by atoms with E-state index in [-0.39, 0.29) is 0 Å². The molecular weight excluding hydrogens is 270 g/mol. The zero-order valence-corrected chi connectivity index (χ0v) is 12.5. The number of ether oxygens (including phenoxy) is 1. The molecule has 0 fully saturated rings. The van der Waals surface area contributed by atoms with Crippen molar-refractivity contribution in [3.05, 3.63) is 40.4 Å². The van der Waals surface area contributed by atoms with Crippen LogP contribution in [0.5, 0.6) is 5.75 Å². The van der Waals surface area contributed by atoms with Crippen molar-refractivity contribution in [1.29, 1.82) is 0 Å². The average molecular weight is 287 g/mol. The van der Waals surface area contributed by atoms with Crippen LogP contribution in [0.1, 0.15) is 29.7 Å². The molecule has 0 unspecified atom stereocenters. The van der Waals surface area contributed by atoms with Crippen molar-refractivity contribution in [3.8, 4) is 5.75 Å². The van der Waals surface area contributed by atoms with Gasteiger partial charge in [-0.15, -0.1) is 11.3 Å². The lowest BCUT2D eigenvalue weighted by molar-refractivity contribution is 0.414. The van der Waals surface area contributed by atoms with Gasteiger partial charge in [0.25, 0.3) is 0 Å². The first kappa shape index (κ1) is 13.1. The van der Waals surface area contributed by atoms with Crippen LogP contribution >= 0.6 is 11.3 Å². The van der Waals surface area contributed by atoms with E-state index >= 15 is 0 Å². The van der Waals surface area contributed by atoms with E-state index in [1.807, 2.05) is 18.4 Å². The number of nitrogens with zero attached hydrogens (tertiary/aromatic N) is 2. The third kappa shape index (κ3) is 2.67. The van der Waals surface area contributed by atoms with Crippen LogP contribution in [0.25, 0.3) is 0 Å². The molecule has 0 bridgehead atoms. The largest absolute Gasteiger partial charge is 0.497 e. The van der Waals surface area contributed by atoms with Crippen LogP contribution in [0.4, 0.5) is 5.13 Å². The second kappa shape index (κ2) is 5.63. The first-order chi connectivity index (χ1) is 9.76. The second-order valence-electron chi connectivity index (χ2n) is 4.84. The van der Waals surface area contributed by atoms with E-state index in [9.17, 15) is 0 Å². The maximum atomic E-state index is 5.28. The van der Waals surface area contributed by atoms with Crippen LogP contribution < -0.4 is 10.2 Å². The topological polar surface area (TPSA) is 46.5 Å². The lowest BCUT2D eigenvalue weighted by atomic mass is 9.90. The van der Waals surface area contributed by atoms with E-state index in [0.29, 0.717) is 0 Å². The summed E-state index contributed by atoms with van der Waals surface area (Å²) in [6.07, 6.45) is 3.20. The molecule has 4 nitrogen and oxygen atoms in total. The fourth-order valence-corrected chi connectivity index (χ4v) is 3.03. The molecule has 0 atom stereocenters. The lowest BCUT2D eigenvalue weighted by Gasteiger charge is -2.18. The molecule has 20 heavy (non-hydrogen) atoms. The number of aryl methyl sites for hydroxylation is 2. The first-order valence-corrected chi connectivity index (χ1v) is 7.56. The Hall–Kier alpha value is -1.88. The minimum atomic E-state index is 0.843. The Labute approximate surface area is 122 Å². The third-order valence-corrected chi connectivity index (χ3v) is 4.25. The number of nitrogens with one attached hydrogen (secondary N) is 1. The summed E-state index contributed by atoms with van der Waals surface area (Å²) in [7, 11) is 1.70. The molecule has 104 valence electrons. The highest BCUT2D eigenvalue weighted by atomic mass is 32.1. The molecule has 1 aliphatic rings. The van der Waals surface area contributed by atoms with Crippen molar-refractivity contribution in [2.75, 3.05) is 12.5 Å². The Bertz CT molecular complexity index is 648. The quantitative estimate of drug-likeness (QED) is 0.877. The zero-order valence-electron chi connectivity index (χ0n) is 11.6. The average Bonchev–Trinajstić information content (AvgIpc) is 2.90. The maximum Gasteiger partial charge on any atom is 0.203 e. The van der Waals surface area contributed by atoms with Crippen LogP contribution in [-0.4, -0.2) is 17.8 Å². The minimum Gasteiger partial charge on any atom is -0.497 e. The summed E-state index contributed by atoms with van der Waals surface area (Å²) in [6, 6.07) is 6.20. The Morgan fingerprint density at radius 2 is 2.25 bits per heavy atom. The van der Waals surface area contributed by atoms with Crippen molar-refractivity contribution in [3.63, 3.8) is 0 Å². The molecular formula is C15H17N3OS. The van der Waals surface area contributed by atoms with E-state index in [1.165, 1.54) is 11.1 Å². The van der Waals surface area contributed by atoms with Crippen LogP contribution in [0.3, 0.4) is 0 Å². The fraction of sp³-hybridized carbons (Fsp3) is 0.333. The highest BCUT2D eigenvalue weighted by molar-refractivity contribution is 7.13. The van der Waals surface area contributed by atoms with Gasteiger partial charge in [0.2, 0.25) is 5.13 Å². The molecule has 5 heteroatoms. The second-order valence-corrected chi connectivity index (χ2v) is 5.70. The molecule has 1 aromatic heterocycles. The summed E-state index contributed by atoms with van der Waals surface area (Å²) in [4.78, 5) is 4.36. The number of benzene rings is 1. The molecule has 0 radical (unpaired) electrons. The van der Waals surface area contributed by atoms with Crippen molar-refractivity contribution in [1.82, 2.24) is 4.98 Å². The summed E-state index contributed by atoms with van der Waals surface area (Å²) in [5.41, 5.74) is 7.72. The summed E-state index contributed by atoms with van der Waals surface area (Å²) >= 11 is 1.58. The minimum absolute atomic E-state index is 0.843. The molecule has 2 aromatic rings. The SMILES string of the molecule is COc1ccc2c(c1)CCCC2=NNc1nc(C)cs1. The van der Waals surface area contributed by atoms with Gasteiger partial charge in [0, 0.05) is 10.9 Å². The zero-order chi connectivity index (χ0) is 13.9. The monoisotopic (exact) mass is 287 g/mol. The molecule has 0 spiro atoms.